The molecule has 0 aromatic heterocycles. The van der Waals surface area contributed by atoms with Gasteiger partial charge in [-0.15, -0.1) is 0 Å². The number of aliphatic carboxylic acids is 1. The molecule has 3 N–H and O–H groups in total. The zero-order valence-electron chi connectivity index (χ0n) is 11.5. The van der Waals surface area contributed by atoms with E-state index >= 15 is 0 Å². The predicted octanol–water partition coefficient (Wildman–Crippen LogP) is 0.520. The van der Waals surface area contributed by atoms with Crippen molar-refractivity contribution in [2.75, 3.05) is 13.1 Å². The van der Waals surface area contributed by atoms with Crippen LogP contribution in [0.4, 0.5) is 0 Å². The first kappa shape index (κ1) is 15.5. The second-order valence-electron chi connectivity index (χ2n) is 5.41. The Morgan fingerprint density at radius 2 is 1.74 bits per heavy atom. The lowest BCUT2D eigenvalue weighted by Gasteiger charge is -2.36. The largest absolute Gasteiger partial charge is 0.481 e. The van der Waals surface area contributed by atoms with Crippen molar-refractivity contribution < 1.29 is 19.5 Å². The predicted molar refractivity (Wildman–Crippen MR) is 69.4 cm³/mol. The molecule has 0 aromatic rings. The van der Waals surface area contributed by atoms with Gasteiger partial charge in [0.1, 0.15) is 0 Å². The first-order valence-corrected chi connectivity index (χ1v) is 6.65. The molecular formula is C13H22N2O4. The molecule has 0 atom stereocenters. The maximum Gasteiger partial charge on any atom is 0.310 e. The van der Waals surface area contributed by atoms with Gasteiger partial charge in [-0.2, -0.15) is 0 Å². The Morgan fingerprint density at radius 3 is 2.16 bits per heavy atom. The lowest BCUT2D eigenvalue weighted by molar-refractivity contribution is -0.157. The summed E-state index contributed by atoms with van der Waals surface area (Å²) in [7, 11) is 0. The smallest absolute Gasteiger partial charge is 0.310 e. The van der Waals surface area contributed by atoms with Crippen LogP contribution in [0, 0.1) is 11.3 Å². The molecule has 0 heterocycles. The van der Waals surface area contributed by atoms with Crippen molar-refractivity contribution >= 4 is 17.8 Å². The lowest BCUT2D eigenvalue weighted by Crippen LogP contribution is -2.44. The fraction of sp³-hybridized carbons (Fsp3) is 0.769. The van der Waals surface area contributed by atoms with E-state index in [1.54, 1.807) is 13.8 Å². The average Bonchev–Trinajstić information content (AvgIpc) is 2.28. The monoisotopic (exact) mass is 270 g/mol. The molecule has 2 amide bonds. The molecule has 108 valence electrons. The first-order chi connectivity index (χ1) is 8.87. The Kier molecular flexibility index (Phi) is 5.32. The Balaban J connectivity index is 2.22. The molecule has 19 heavy (non-hydrogen) atoms. The van der Waals surface area contributed by atoms with Crippen molar-refractivity contribution in [2.24, 2.45) is 11.3 Å². The highest BCUT2D eigenvalue weighted by molar-refractivity contribution is 5.85. The summed E-state index contributed by atoms with van der Waals surface area (Å²) in [6.45, 7) is 4.28. The topological polar surface area (TPSA) is 95.5 Å². The summed E-state index contributed by atoms with van der Waals surface area (Å²) in [5.41, 5.74) is -0.856. The number of rotatable bonds is 7. The molecule has 0 spiro atoms. The van der Waals surface area contributed by atoms with Crippen LogP contribution in [-0.2, 0) is 14.4 Å². The van der Waals surface area contributed by atoms with Crippen molar-refractivity contribution in [3.05, 3.63) is 0 Å². The van der Waals surface area contributed by atoms with E-state index in [1.807, 2.05) is 0 Å². The third-order valence-corrected chi connectivity index (χ3v) is 3.53. The van der Waals surface area contributed by atoms with E-state index < -0.39 is 11.4 Å². The van der Waals surface area contributed by atoms with Gasteiger partial charge in [0.05, 0.1) is 5.41 Å². The number of hydrogen-bond acceptors (Lipinski definition) is 3. The molecule has 1 fully saturated rings. The van der Waals surface area contributed by atoms with Gasteiger partial charge in [-0.25, -0.2) is 0 Å². The van der Waals surface area contributed by atoms with Gasteiger partial charge in [-0.05, 0) is 12.8 Å². The zero-order chi connectivity index (χ0) is 14.5. The van der Waals surface area contributed by atoms with Crippen molar-refractivity contribution in [3.8, 4) is 0 Å². The highest BCUT2D eigenvalue weighted by atomic mass is 16.4. The molecule has 1 rings (SSSR count). The number of carboxylic acid groups (broad SMARTS) is 1. The van der Waals surface area contributed by atoms with Gasteiger partial charge in [-0.3, -0.25) is 14.4 Å². The summed E-state index contributed by atoms with van der Waals surface area (Å²) in [5.74, 6) is -1.29. The van der Waals surface area contributed by atoms with Gasteiger partial charge in [0.25, 0.3) is 0 Å². The van der Waals surface area contributed by atoms with Crippen molar-refractivity contribution in [1.82, 2.24) is 10.6 Å². The fourth-order valence-electron chi connectivity index (χ4n) is 2.03. The van der Waals surface area contributed by atoms with E-state index in [4.69, 9.17) is 5.11 Å². The van der Waals surface area contributed by atoms with Crippen LogP contribution < -0.4 is 10.6 Å². The summed E-state index contributed by atoms with van der Waals surface area (Å²) < 4.78 is 0. The molecule has 0 radical (unpaired) electrons. The van der Waals surface area contributed by atoms with Gasteiger partial charge in [-0.1, -0.05) is 20.3 Å². The van der Waals surface area contributed by atoms with Crippen LogP contribution in [0.5, 0.6) is 0 Å². The Bertz CT molecular complexity index is 362. The molecule has 0 aliphatic heterocycles. The standard InChI is InChI=1S/C13H22N2O4/c1-9(2)11(17)15-7-6-14-10(16)8-13(12(18)19)4-3-5-13/h9H,3-8H2,1-2H3,(H,14,16)(H,15,17)(H,18,19). The zero-order valence-corrected chi connectivity index (χ0v) is 11.5. The second kappa shape index (κ2) is 6.54. The van der Waals surface area contributed by atoms with Crippen LogP contribution in [0.1, 0.15) is 39.5 Å². The van der Waals surface area contributed by atoms with Gasteiger partial charge >= 0.3 is 5.97 Å². The Hall–Kier alpha value is -1.59. The van der Waals surface area contributed by atoms with E-state index in [-0.39, 0.29) is 24.2 Å². The number of hydrogen-bond donors (Lipinski definition) is 3. The molecule has 1 saturated carbocycles. The van der Waals surface area contributed by atoms with Gasteiger partial charge in [0, 0.05) is 25.4 Å². The Morgan fingerprint density at radius 1 is 1.16 bits per heavy atom. The maximum absolute atomic E-state index is 11.6. The number of carboxylic acids is 1. The number of carbonyl (C=O) groups excluding carboxylic acids is 2. The number of carbonyl (C=O) groups is 3. The van der Waals surface area contributed by atoms with Crippen LogP contribution in [0.2, 0.25) is 0 Å². The van der Waals surface area contributed by atoms with Crippen molar-refractivity contribution in [1.29, 1.82) is 0 Å². The number of amides is 2. The third kappa shape index (κ3) is 4.22. The number of nitrogens with one attached hydrogen (secondary N) is 2. The van der Waals surface area contributed by atoms with E-state index in [0.29, 0.717) is 25.9 Å². The molecule has 0 aromatic carbocycles. The minimum Gasteiger partial charge on any atom is -0.481 e. The molecule has 0 unspecified atom stereocenters. The quantitative estimate of drug-likeness (QED) is 0.588. The first-order valence-electron chi connectivity index (χ1n) is 6.65. The molecule has 6 nitrogen and oxygen atoms in total. The maximum atomic E-state index is 11.6. The highest BCUT2D eigenvalue weighted by Crippen LogP contribution is 2.44. The molecular weight excluding hydrogens is 248 g/mol. The van der Waals surface area contributed by atoms with Crippen molar-refractivity contribution in [2.45, 2.75) is 39.5 Å². The molecule has 1 aliphatic rings. The fourth-order valence-corrected chi connectivity index (χ4v) is 2.03. The molecule has 6 heteroatoms. The second-order valence-corrected chi connectivity index (χ2v) is 5.41. The van der Waals surface area contributed by atoms with E-state index in [0.717, 1.165) is 6.42 Å². The van der Waals surface area contributed by atoms with Crippen LogP contribution in [0.25, 0.3) is 0 Å². The molecule has 0 saturated heterocycles. The van der Waals surface area contributed by atoms with E-state index in [2.05, 4.69) is 10.6 Å². The third-order valence-electron chi connectivity index (χ3n) is 3.53. The van der Waals surface area contributed by atoms with Crippen LogP contribution in [0.3, 0.4) is 0 Å². The minimum atomic E-state index is -0.887. The van der Waals surface area contributed by atoms with Crippen LogP contribution in [-0.4, -0.2) is 36.0 Å². The van der Waals surface area contributed by atoms with Crippen LogP contribution in [0.15, 0.2) is 0 Å². The summed E-state index contributed by atoms with van der Waals surface area (Å²) in [4.78, 5) is 34.0. The normalized spacial score (nSPS) is 16.6. The van der Waals surface area contributed by atoms with E-state index in [1.165, 1.54) is 0 Å². The summed E-state index contributed by atoms with van der Waals surface area (Å²) in [6.07, 6.45) is 2.03. The van der Waals surface area contributed by atoms with E-state index in [9.17, 15) is 14.4 Å². The summed E-state index contributed by atoms with van der Waals surface area (Å²) >= 11 is 0. The van der Waals surface area contributed by atoms with Crippen LogP contribution >= 0.6 is 0 Å². The highest BCUT2D eigenvalue weighted by Gasteiger charge is 2.45. The minimum absolute atomic E-state index is 0.0282. The average molecular weight is 270 g/mol. The van der Waals surface area contributed by atoms with Gasteiger partial charge in [0.2, 0.25) is 11.8 Å². The molecule has 0 bridgehead atoms. The SMILES string of the molecule is CC(C)C(=O)NCCNC(=O)CC1(C(=O)O)CCC1. The summed E-state index contributed by atoms with van der Waals surface area (Å²) in [6, 6.07) is 0. The summed E-state index contributed by atoms with van der Waals surface area (Å²) in [5, 5.41) is 14.4. The molecule has 1 aliphatic carbocycles. The van der Waals surface area contributed by atoms with Gasteiger partial charge < -0.3 is 15.7 Å². The lowest BCUT2D eigenvalue weighted by atomic mass is 9.66. The van der Waals surface area contributed by atoms with Crippen molar-refractivity contribution in [3.63, 3.8) is 0 Å². The van der Waals surface area contributed by atoms with Gasteiger partial charge in [0.15, 0.2) is 0 Å². The Labute approximate surface area is 112 Å².